The van der Waals surface area contributed by atoms with Crippen molar-refractivity contribution >= 4 is 0 Å². The predicted molar refractivity (Wildman–Crippen MR) is 112 cm³/mol. The van der Waals surface area contributed by atoms with Crippen LogP contribution >= 0.6 is 0 Å². The molecule has 7 N–H and O–H groups in total. The van der Waals surface area contributed by atoms with E-state index in [2.05, 4.69) is 20.6 Å². The van der Waals surface area contributed by atoms with Crippen LogP contribution in [0.15, 0.2) is 24.3 Å². The Morgan fingerprint density at radius 3 is 1.90 bits per heavy atom. The van der Waals surface area contributed by atoms with Crippen LogP contribution in [-0.4, -0.2) is 88.1 Å². The van der Waals surface area contributed by atoms with Crippen molar-refractivity contribution in [2.75, 3.05) is 32.9 Å². The number of aryl methyl sites for hydroxylation is 2. The Morgan fingerprint density at radius 1 is 0.903 bits per heavy atom. The van der Waals surface area contributed by atoms with Gasteiger partial charge in [-0.25, -0.2) is 5.84 Å². The summed E-state index contributed by atoms with van der Waals surface area (Å²) in [6.07, 6.45) is 7.11. The molecular weight excluding hydrogens is 404 g/mol. The molecule has 2 heterocycles. The number of nitrogens with two attached hydrogens (primary N) is 2. The Hall–Kier alpha value is -2.58. The average molecular weight is 439 g/mol. The number of aromatic nitrogens is 6. The minimum absolute atomic E-state index is 0.0610. The topological polar surface area (TPSA) is 181 Å². The lowest BCUT2D eigenvalue weighted by Gasteiger charge is -2.21. The highest BCUT2D eigenvalue weighted by atomic mass is 16.3. The van der Waals surface area contributed by atoms with Crippen LogP contribution in [0.25, 0.3) is 0 Å². The minimum Gasteiger partial charge on any atom is -0.400 e. The van der Waals surface area contributed by atoms with Crippen molar-refractivity contribution in [3.8, 4) is 0 Å². The lowest BCUT2D eigenvalue weighted by molar-refractivity contribution is 0.254. The maximum Gasteiger partial charge on any atom is 0.0967 e. The second-order valence-electron chi connectivity index (χ2n) is 7.26. The molecule has 0 bridgehead atoms. The van der Waals surface area contributed by atoms with Gasteiger partial charge in [-0.2, -0.15) is 0 Å². The first-order valence-electron chi connectivity index (χ1n) is 10.3. The molecule has 0 radical (unpaired) electrons. The molecule has 0 unspecified atom stereocenters. The predicted octanol–water partition coefficient (Wildman–Crippen LogP) is -2.01. The van der Waals surface area contributed by atoms with Gasteiger partial charge in [0.1, 0.15) is 0 Å². The van der Waals surface area contributed by atoms with Crippen LogP contribution in [0.3, 0.4) is 0 Å². The van der Waals surface area contributed by atoms with Crippen LogP contribution in [-0.2, 0) is 26.2 Å². The third kappa shape index (κ3) is 9.40. The van der Waals surface area contributed by atoms with Gasteiger partial charge >= 0.3 is 0 Å². The Labute approximate surface area is 181 Å². The minimum atomic E-state index is 0.0610. The summed E-state index contributed by atoms with van der Waals surface area (Å²) in [6.45, 7) is 3.33. The SMILES string of the molecule is N/C(=C\N(N)CCCO)CN(Cc1cn(CCCO)nn1)Cc1cn(CCCO)nn1. The fourth-order valence-electron chi connectivity index (χ4n) is 2.96. The third-order valence-corrected chi connectivity index (χ3v) is 4.35. The van der Waals surface area contributed by atoms with Gasteiger partial charge < -0.3 is 26.1 Å². The maximum absolute atomic E-state index is 8.98. The summed E-state index contributed by atoms with van der Waals surface area (Å²) in [5.41, 5.74) is 8.28. The number of hydrazine groups is 1. The molecule has 2 aromatic rings. The number of rotatable bonds is 16. The molecule has 13 nitrogen and oxygen atoms in total. The van der Waals surface area contributed by atoms with E-state index in [4.69, 9.17) is 26.9 Å². The number of hydrogen-bond acceptors (Lipinski definition) is 11. The summed E-state index contributed by atoms with van der Waals surface area (Å²) in [4.78, 5) is 2.05. The normalized spacial score (nSPS) is 12.1. The monoisotopic (exact) mass is 438 g/mol. The molecule has 0 saturated carbocycles. The summed E-state index contributed by atoms with van der Waals surface area (Å²) in [7, 11) is 0. The van der Waals surface area contributed by atoms with Gasteiger partial charge in [0.25, 0.3) is 0 Å². The van der Waals surface area contributed by atoms with Crippen molar-refractivity contribution < 1.29 is 15.3 Å². The Morgan fingerprint density at radius 2 is 1.42 bits per heavy atom. The van der Waals surface area contributed by atoms with E-state index in [-0.39, 0.29) is 19.8 Å². The fourth-order valence-corrected chi connectivity index (χ4v) is 2.96. The summed E-state index contributed by atoms with van der Waals surface area (Å²) < 4.78 is 3.40. The van der Waals surface area contributed by atoms with E-state index in [1.165, 1.54) is 5.01 Å². The van der Waals surface area contributed by atoms with Crippen molar-refractivity contribution in [2.24, 2.45) is 11.6 Å². The highest BCUT2D eigenvalue weighted by molar-refractivity contribution is 5.02. The molecule has 0 amide bonds. The van der Waals surface area contributed by atoms with Crippen molar-refractivity contribution in [1.29, 1.82) is 0 Å². The summed E-state index contributed by atoms with van der Waals surface area (Å²) >= 11 is 0. The first kappa shape index (κ1) is 24.7. The van der Waals surface area contributed by atoms with E-state index in [0.717, 1.165) is 11.4 Å². The van der Waals surface area contributed by atoms with E-state index in [0.29, 0.717) is 64.2 Å². The molecule has 0 fully saturated rings. The molecule has 0 aliphatic heterocycles. The molecule has 2 aromatic heterocycles. The van der Waals surface area contributed by atoms with Crippen molar-refractivity contribution in [1.82, 2.24) is 39.9 Å². The van der Waals surface area contributed by atoms with E-state index < -0.39 is 0 Å². The Kier molecular flexibility index (Phi) is 10.9. The van der Waals surface area contributed by atoms with Gasteiger partial charge in [0, 0.05) is 83.4 Å². The third-order valence-electron chi connectivity index (χ3n) is 4.35. The Bertz CT molecular complexity index is 730. The number of hydrogen-bond donors (Lipinski definition) is 5. The molecule has 31 heavy (non-hydrogen) atoms. The number of nitrogens with zero attached hydrogens (tertiary/aromatic N) is 8. The van der Waals surface area contributed by atoms with Gasteiger partial charge in [0.15, 0.2) is 0 Å². The molecule has 0 aliphatic rings. The fraction of sp³-hybridized carbons (Fsp3) is 0.667. The van der Waals surface area contributed by atoms with E-state index >= 15 is 0 Å². The molecule has 0 atom stereocenters. The quantitative estimate of drug-likeness (QED) is 0.144. The van der Waals surface area contributed by atoms with Crippen LogP contribution in [0.5, 0.6) is 0 Å². The number of aliphatic hydroxyl groups excluding tert-OH is 3. The van der Waals surface area contributed by atoms with Crippen molar-refractivity contribution in [3.63, 3.8) is 0 Å². The molecule has 0 aliphatic carbocycles. The van der Waals surface area contributed by atoms with E-state index in [9.17, 15) is 0 Å². The molecule has 0 spiro atoms. The van der Waals surface area contributed by atoms with Gasteiger partial charge in [-0.15, -0.1) is 10.2 Å². The van der Waals surface area contributed by atoms with E-state index in [1.807, 2.05) is 17.3 Å². The smallest absolute Gasteiger partial charge is 0.0967 e. The standard InChI is InChI=1S/C18H34N10O3/c19-16(11-26(20)4-1-7-29)10-25(12-17-14-27(23-21-17)5-2-8-30)13-18-15-28(24-22-18)6-3-9-31/h11,14-15,29-31H,1-10,12-13,19-20H2/b16-11-. The van der Waals surface area contributed by atoms with Gasteiger partial charge in [-0.05, 0) is 19.3 Å². The molecule has 174 valence electrons. The van der Waals surface area contributed by atoms with Crippen molar-refractivity contribution in [3.05, 3.63) is 35.7 Å². The van der Waals surface area contributed by atoms with E-state index in [1.54, 1.807) is 15.6 Å². The highest BCUT2D eigenvalue weighted by Crippen LogP contribution is 2.09. The molecule has 0 saturated heterocycles. The largest absolute Gasteiger partial charge is 0.400 e. The first-order chi connectivity index (χ1) is 15.0. The summed E-state index contributed by atoms with van der Waals surface area (Å²) in [6, 6.07) is 0. The first-order valence-corrected chi connectivity index (χ1v) is 10.3. The zero-order valence-electron chi connectivity index (χ0n) is 17.8. The van der Waals surface area contributed by atoms with Crippen LogP contribution in [0, 0.1) is 0 Å². The second kappa shape index (κ2) is 13.7. The van der Waals surface area contributed by atoms with Crippen LogP contribution < -0.4 is 11.6 Å². The van der Waals surface area contributed by atoms with Gasteiger partial charge in [0.05, 0.1) is 11.4 Å². The molecule has 2 rings (SSSR count). The Balaban J connectivity index is 2.06. The lowest BCUT2D eigenvalue weighted by Crippen LogP contribution is -2.32. The average Bonchev–Trinajstić information content (AvgIpc) is 3.38. The maximum atomic E-state index is 8.98. The van der Waals surface area contributed by atoms with Gasteiger partial charge in [-0.3, -0.25) is 14.3 Å². The summed E-state index contributed by atoms with van der Waals surface area (Å²) in [5, 5.41) is 44.9. The zero-order chi connectivity index (χ0) is 22.5. The zero-order valence-corrected chi connectivity index (χ0v) is 17.8. The lowest BCUT2D eigenvalue weighted by atomic mass is 10.3. The van der Waals surface area contributed by atoms with Crippen LogP contribution in [0.1, 0.15) is 30.7 Å². The highest BCUT2D eigenvalue weighted by Gasteiger charge is 2.14. The summed E-state index contributed by atoms with van der Waals surface area (Å²) in [5.74, 6) is 5.90. The van der Waals surface area contributed by atoms with Gasteiger partial charge in [-0.1, -0.05) is 10.4 Å². The molecular formula is C18H34N10O3. The second-order valence-corrected chi connectivity index (χ2v) is 7.26. The molecule has 0 aromatic carbocycles. The number of aliphatic hydroxyl groups is 3. The molecule has 13 heteroatoms. The van der Waals surface area contributed by atoms with Crippen molar-refractivity contribution in [2.45, 2.75) is 45.4 Å². The van der Waals surface area contributed by atoms with Gasteiger partial charge in [0.2, 0.25) is 0 Å². The van der Waals surface area contributed by atoms with Crippen LogP contribution in [0.2, 0.25) is 0 Å². The van der Waals surface area contributed by atoms with Crippen LogP contribution in [0.4, 0.5) is 0 Å².